The Labute approximate surface area is 251 Å². The van der Waals surface area contributed by atoms with Crippen molar-refractivity contribution in [1.29, 1.82) is 5.41 Å². The van der Waals surface area contributed by atoms with Crippen molar-refractivity contribution in [1.82, 2.24) is 5.32 Å². The third kappa shape index (κ3) is 8.42. The van der Waals surface area contributed by atoms with Crippen LogP contribution in [0.5, 0.6) is 0 Å². The SMILES string of the molecule is CC(C)Cc1c2ccc(NO)c1C(c1ccccc1)CCC(=O)CCC(=O)NC(C(=O)Nc1ccc(NC(=N)N)cc1)C2. The third-order valence-electron chi connectivity index (χ3n) is 7.59. The smallest absolute Gasteiger partial charge is 0.247 e. The van der Waals surface area contributed by atoms with Gasteiger partial charge in [0.1, 0.15) is 11.8 Å². The highest BCUT2D eigenvalue weighted by molar-refractivity contribution is 5.98. The fraction of sp³-hybridized carbons (Fsp3) is 0.333. The molecule has 0 saturated heterocycles. The highest BCUT2D eigenvalue weighted by atomic mass is 16.5. The van der Waals surface area contributed by atoms with Crippen molar-refractivity contribution in [3.8, 4) is 0 Å². The maximum Gasteiger partial charge on any atom is 0.247 e. The van der Waals surface area contributed by atoms with Crippen LogP contribution < -0.4 is 27.2 Å². The van der Waals surface area contributed by atoms with Crippen LogP contribution >= 0.6 is 0 Å². The molecule has 3 aromatic carbocycles. The predicted molar refractivity (Wildman–Crippen MR) is 168 cm³/mol. The van der Waals surface area contributed by atoms with Gasteiger partial charge in [0.25, 0.3) is 0 Å². The number of fused-ring (bicyclic) bond motifs is 2. The summed E-state index contributed by atoms with van der Waals surface area (Å²) in [7, 11) is 0. The van der Waals surface area contributed by atoms with Gasteiger partial charge in [-0.15, -0.1) is 0 Å². The molecule has 3 aromatic rings. The highest BCUT2D eigenvalue weighted by Gasteiger charge is 2.29. The molecule has 0 aliphatic carbocycles. The first kappa shape index (κ1) is 31.2. The molecule has 0 spiro atoms. The van der Waals surface area contributed by atoms with E-state index in [-0.39, 0.29) is 55.2 Å². The lowest BCUT2D eigenvalue weighted by Crippen LogP contribution is -2.45. The van der Waals surface area contributed by atoms with Crippen LogP contribution in [-0.4, -0.2) is 34.8 Å². The number of nitrogens with one attached hydrogen (secondary N) is 5. The van der Waals surface area contributed by atoms with Gasteiger partial charge in [0, 0.05) is 43.0 Å². The Bertz CT molecular complexity index is 1460. The van der Waals surface area contributed by atoms with E-state index >= 15 is 0 Å². The maximum absolute atomic E-state index is 13.6. The zero-order chi connectivity index (χ0) is 30.9. The molecule has 2 amide bonds. The number of rotatable bonds is 7. The van der Waals surface area contributed by atoms with E-state index in [1.54, 1.807) is 30.3 Å². The first-order chi connectivity index (χ1) is 20.6. The molecule has 2 bridgehead atoms. The second kappa shape index (κ2) is 14.5. The summed E-state index contributed by atoms with van der Waals surface area (Å²) in [5, 5.41) is 26.1. The minimum absolute atomic E-state index is 0.0100. The molecule has 8 N–H and O–H groups in total. The number of hydrogen-bond acceptors (Lipinski definition) is 6. The molecule has 2 unspecified atom stereocenters. The van der Waals surface area contributed by atoms with Gasteiger partial charge in [-0.2, -0.15) is 0 Å². The van der Waals surface area contributed by atoms with Crippen LogP contribution in [0.1, 0.15) is 67.7 Å². The maximum atomic E-state index is 13.6. The third-order valence-corrected chi connectivity index (χ3v) is 7.59. The first-order valence-electron chi connectivity index (χ1n) is 14.6. The zero-order valence-corrected chi connectivity index (χ0v) is 24.6. The summed E-state index contributed by atoms with van der Waals surface area (Å²) in [6.07, 6.45) is 1.76. The number of guanidine groups is 1. The van der Waals surface area contributed by atoms with Crippen molar-refractivity contribution in [2.45, 2.75) is 64.3 Å². The van der Waals surface area contributed by atoms with Crippen LogP contribution in [-0.2, 0) is 27.2 Å². The molecule has 10 heteroatoms. The number of carbonyl (C=O) groups is 3. The minimum Gasteiger partial charge on any atom is -0.370 e. The Balaban J connectivity index is 1.78. The molecule has 0 radical (unpaired) electrons. The number of anilines is 3. The van der Waals surface area contributed by atoms with Crippen molar-refractivity contribution in [2.24, 2.45) is 11.7 Å². The second-order valence-corrected chi connectivity index (χ2v) is 11.3. The molecule has 0 fully saturated rings. The molecule has 10 nitrogen and oxygen atoms in total. The van der Waals surface area contributed by atoms with E-state index in [9.17, 15) is 19.6 Å². The van der Waals surface area contributed by atoms with E-state index in [4.69, 9.17) is 11.1 Å². The first-order valence-corrected chi connectivity index (χ1v) is 14.6. The Morgan fingerprint density at radius 3 is 2.28 bits per heavy atom. The van der Waals surface area contributed by atoms with Crippen molar-refractivity contribution in [3.63, 3.8) is 0 Å². The van der Waals surface area contributed by atoms with E-state index in [2.05, 4.69) is 35.3 Å². The van der Waals surface area contributed by atoms with Crippen molar-refractivity contribution < 1.29 is 19.6 Å². The van der Waals surface area contributed by atoms with Crippen LogP contribution in [0.4, 0.5) is 17.1 Å². The number of amides is 2. The van der Waals surface area contributed by atoms with E-state index in [1.807, 2.05) is 36.4 Å². The Hall–Kier alpha value is -4.70. The summed E-state index contributed by atoms with van der Waals surface area (Å²) >= 11 is 0. The summed E-state index contributed by atoms with van der Waals surface area (Å²) in [5.41, 5.74) is 13.2. The number of hydrogen-bond donors (Lipinski definition) is 7. The molecule has 1 heterocycles. The largest absolute Gasteiger partial charge is 0.370 e. The van der Waals surface area contributed by atoms with Crippen LogP contribution in [0.25, 0.3) is 0 Å². The number of benzene rings is 3. The molecule has 2 atom stereocenters. The summed E-state index contributed by atoms with van der Waals surface area (Å²) in [6, 6.07) is 19.4. The van der Waals surface area contributed by atoms with E-state index < -0.39 is 11.9 Å². The lowest BCUT2D eigenvalue weighted by molar-refractivity contribution is -0.128. The zero-order valence-electron chi connectivity index (χ0n) is 24.6. The monoisotopic (exact) mass is 584 g/mol. The molecule has 1 aliphatic rings. The molecule has 0 saturated carbocycles. The molecule has 4 rings (SSSR count). The van der Waals surface area contributed by atoms with E-state index in [0.29, 0.717) is 29.9 Å². The number of carbonyl (C=O) groups excluding carboxylic acids is 3. The van der Waals surface area contributed by atoms with Gasteiger partial charge in [-0.1, -0.05) is 50.2 Å². The molecule has 43 heavy (non-hydrogen) atoms. The van der Waals surface area contributed by atoms with Gasteiger partial charge < -0.3 is 21.7 Å². The summed E-state index contributed by atoms with van der Waals surface area (Å²) in [5.74, 6) is -0.932. The summed E-state index contributed by atoms with van der Waals surface area (Å²) in [6.45, 7) is 4.22. The van der Waals surface area contributed by atoms with Gasteiger partial charge in [0.05, 0.1) is 5.69 Å². The molecular weight excluding hydrogens is 544 g/mol. The summed E-state index contributed by atoms with van der Waals surface area (Å²) < 4.78 is 0. The quantitative estimate of drug-likeness (QED) is 0.117. The highest BCUT2D eigenvalue weighted by Crippen LogP contribution is 2.39. The van der Waals surface area contributed by atoms with Crippen molar-refractivity contribution >= 4 is 40.6 Å². The van der Waals surface area contributed by atoms with Crippen molar-refractivity contribution in [2.75, 3.05) is 16.1 Å². The predicted octanol–water partition coefficient (Wildman–Crippen LogP) is 4.93. The number of nitrogens with two attached hydrogens (primary N) is 1. The van der Waals surface area contributed by atoms with Gasteiger partial charge in [0.15, 0.2) is 5.96 Å². The minimum atomic E-state index is -0.916. The fourth-order valence-corrected chi connectivity index (χ4v) is 5.61. The normalized spacial score (nSPS) is 17.6. The average Bonchev–Trinajstić information content (AvgIpc) is 2.98. The lowest BCUT2D eigenvalue weighted by atomic mass is 9.79. The van der Waals surface area contributed by atoms with Gasteiger partial charge in [-0.3, -0.25) is 30.5 Å². The molecule has 0 aromatic heterocycles. The van der Waals surface area contributed by atoms with Crippen molar-refractivity contribution in [3.05, 3.63) is 89.0 Å². The van der Waals surface area contributed by atoms with Crippen LogP contribution in [0.3, 0.4) is 0 Å². The average molecular weight is 585 g/mol. The van der Waals surface area contributed by atoms with Gasteiger partial charge >= 0.3 is 0 Å². The lowest BCUT2D eigenvalue weighted by Gasteiger charge is -2.28. The number of ketones is 1. The van der Waals surface area contributed by atoms with Crippen LogP contribution in [0, 0.1) is 11.3 Å². The van der Waals surface area contributed by atoms with E-state index in [0.717, 1.165) is 22.3 Å². The van der Waals surface area contributed by atoms with Gasteiger partial charge in [-0.05, 0) is 71.3 Å². The van der Waals surface area contributed by atoms with Gasteiger partial charge in [0.2, 0.25) is 11.8 Å². The van der Waals surface area contributed by atoms with Crippen LogP contribution in [0.2, 0.25) is 0 Å². The Kier molecular flexibility index (Phi) is 10.5. The van der Waals surface area contributed by atoms with Gasteiger partial charge in [-0.25, -0.2) is 0 Å². The molecular formula is C33H40N6O4. The molecule has 226 valence electrons. The topological polar surface area (TPSA) is 169 Å². The van der Waals surface area contributed by atoms with Crippen LogP contribution in [0.15, 0.2) is 66.7 Å². The molecule has 1 aliphatic heterocycles. The summed E-state index contributed by atoms with van der Waals surface area (Å²) in [4.78, 5) is 39.6. The number of Topliss-reactive ketones (excluding diaryl/α,β-unsaturated/α-hetero) is 1. The Morgan fingerprint density at radius 2 is 1.65 bits per heavy atom. The standard InChI is InChI=1S/C33H40N6O4/c1-20(2)18-27-22-8-16-28(39-43)31(27)26(21-6-4-3-5-7-21)15-13-25(40)14-17-30(41)38-29(19-22)32(42)36-23-9-11-24(12-10-23)37-33(34)35/h3-12,16,20,26,29,39,43H,13-15,17-19H2,1-2H3,(H,36,42)(H,38,41)(H4,34,35,37). The van der Waals surface area contributed by atoms with E-state index in [1.165, 1.54) is 0 Å². The fourth-order valence-electron chi connectivity index (χ4n) is 5.61. The second-order valence-electron chi connectivity index (χ2n) is 11.3. The Morgan fingerprint density at radius 1 is 0.977 bits per heavy atom.